The lowest BCUT2D eigenvalue weighted by Gasteiger charge is -2.15. The van der Waals surface area contributed by atoms with Gasteiger partial charge in [-0.05, 0) is 18.3 Å². The van der Waals surface area contributed by atoms with E-state index in [4.69, 9.17) is 23.2 Å². The van der Waals surface area contributed by atoms with Gasteiger partial charge in [0.25, 0.3) is 0 Å². The molecule has 2 aliphatic carbocycles. The van der Waals surface area contributed by atoms with Crippen LogP contribution in [0.5, 0.6) is 0 Å². The molecule has 0 aromatic carbocycles. The molecule has 1 fully saturated rings. The minimum absolute atomic E-state index is 0.196. The average molecular weight is 163 g/mol. The van der Waals surface area contributed by atoms with Crippen LogP contribution < -0.4 is 0 Å². The Morgan fingerprint density at radius 2 is 1.44 bits per heavy atom. The Morgan fingerprint density at radius 1 is 1.00 bits per heavy atom. The van der Waals surface area contributed by atoms with E-state index in [9.17, 15) is 0 Å². The van der Waals surface area contributed by atoms with Crippen molar-refractivity contribution in [3.63, 3.8) is 0 Å². The van der Waals surface area contributed by atoms with Crippen molar-refractivity contribution in [1.82, 2.24) is 0 Å². The number of rotatable bonds is 0. The molecule has 4 atom stereocenters. The molecule has 1 saturated carbocycles. The van der Waals surface area contributed by atoms with Crippen LogP contribution in [0.25, 0.3) is 0 Å². The van der Waals surface area contributed by atoms with Crippen LogP contribution in [0.2, 0.25) is 0 Å². The maximum atomic E-state index is 5.98. The smallest absolute Gasteiger partial charge is 0.0568 e. The van der Waals surface area contributed by atoms with Gasteiger partial charge in [-0.15, -0.1) is 23.2 Å². The third kappa shape index (κ3) is 0.731. The summed E-state index contributed by atoms with van der Waals surface area (Å²) in [5, 5.41) is 0.392. The molecule has 0 aliphatic heterocycles. The van der Waals surface area contributed by atoms with Crippen molar-refractivity contribution >= 4 is 23.2 Å². The first-order valence-electron chi connectivity index (χ1n) is 3.25. The SMILES string of the molecule is Cl[C@@H]1[C@H](Cl)[C@H]2C=C[C@@H]1C2. The highest BCUT2D eigenvalue weighted by Gasteiger charge is 2.42. The normalized spacial score (nSPS) is 54.9. The van der Waals surface area contributed by atoms with Gasteiger partial charge in [-0.25, -0.2) is 0 Å². The van der Waals surface area contributed by atoms with E-state index in [1.807, 2.05) is 0 Å². The van der Waals surface area contributed by atoms with Gasteiger partial charge in [0.15, 0.2) is 0 Å². The van der Waals surface area contributed by atoms with Crippen molar-refractivity contribution in [1.29, 1.82) is 0 Å². The number of hydrogen-bond acceptors (Lipinski definition) is 0. The zero-order chi connectivity index (χ0) is 6.43. The first-order valence-corrected chi connectivity index (χ1v) is 4.13. The molecule has 2 heteroatoms. The summed E-state index contributed by atoms with van der Waals surface area (Å²) in [7, 11) is 0. The number of fused-ring (bicyclic) bond motifs is 2. The van der Waals surface area contributed by atoms with Crippen molar-refractivity contribution < 1.29 is 0 Å². The van der Waals surface area contributed by atoms with Crippen LogP contribution in [-0.2, 0) is 0 Å². The maximum absolute atomic E-state index is 5.98. The van der Waals surface area contributed by atoms with Crippen molar-refractivity contribution in [2.24, 2.45) is 11.8 Å². The summed E-state index contributed by atoms with van der Waals surface area (Å²) in [6, 6.07) is 0. The zero-order valence-corrected chi connectivity index (χ0v) is 6.44. The van der Waals surface area contributed by atoms with E-state index >= 15 is 0 Å². The van der Waals surface area contributed by atoms with E-state index in [2.05, 4.69) is 12.2 Å². The molecule has 0 radical (unpaired) electrons. The third-order valence-corrected chi connectivity index (χ3v) is 3.59. The van der Waals surface area contributed by atoms with E-state index in [1.54, 1.807) is 0 Å². The molecule has 50 valence electrons. The summed E-state index contributed by atoms with van der Waals surface area (Å²) in [5.41, 5.74) is 0. The summed E-state index contributed by atoms with van der Waals surface area (Å²) < 4.78 is 0. The summed E-state index contributed by atoms with van der Waals surface area (Å²) in [5.74, 6) is 1.14. The molecular weight excluding hydrogens is 155 g/mol. The minimum Gasteiger partial charge on any atom is -0.121 e. The third-order valence-electron chi connectivity index (χ3n) is 2.27. The van der Waals surface area contributed by atoms with Gasteiger partial charge in [-0.2, -0.15) is 0 Å². The number of alkyl halides is 2. The van der Waals surface area contributed by atoms with E-state index < -0.39 is 0 Å². The first kappa shape index (κ1) is 6.06. The van der Waals surface area contributed by atoms with Crippen LogP contribution in [0.1, 0.15) is 6.42 Å². The van der Waals surface area contributed by atoms with Gasteiger partial charge in [-0.3, -0.25) is 0 Å². The largest absolute Gasteiger partial charge is 0.121 e. The second kappa shape index (κ2) is 1.90. The monoisotopic (exact) mass is 162 g/mol. The summed E-state index contributed by atoms with van der Waals surface area (Å²) in [6.07, 6.45) is 5.57. The molecule has 2 bridgehead atoms. The predicted octanol–water partition coefficient (Wildman–Crippen LogP) is 2.41. The molecule has 0 amide bonds. The Balaban J connectivity index is 2.26. The maximum Gasteiger partial charge on any atom is 0.0568 e. The molecule has 0 aromatic rings. The van der Waals surface area contributed by atoms with Crippen LogP contribution in [0.4, 0.5) is 0 Å². The van der Waals surface area contributed by atoms with Crippen LogP contribution in [0.15, 0.2) is 12.2 Å². The van der Waals surface area contributed by atoms with Gasteiger partial charge in [0, 0.05) is 0 Å². The average Bonchev–Trinajstić information content (AvgIpc) is 2.37. The standard InChI is InChI=1S/C7H8Cl2/c8-6-4-1-2-5(3-4)7(6)9/h1-2,4-7H,3H2/t4-,5+,6+,7-. The van der Waals surface area contributed by atoms with Crippen molar-refractivity contribution in [2.45, 2.75) is 17.2 Å². The summed E-state index contributed by atoms with van der Waals surface area (Å²) >= 11 is 12.0. The van der Waals surface area contributed by atoms with Crippen LogP contribution in [0, 0.1) is 11.8 Å². The van der Waals surface area contributed by atoms with Gasteiger partial charge in [0.1, 0.15) is 0 Å². The van der Waals surface area contributed by atoms with Gasteiger partial charge in [-0.1, -0.05) is 12.2 Å². The summed E-state index contributed by atoms with van der Waals surface area (Å²) in [6.45, 7) is 0. The molecular formula is C7H8Cl2. The fraction of sp³-hybridized carbons (Fsp3) is 0.714. The Labute approximate surface area is 64.8 Å². The van der Waals surface area contributed by atoms with Crippen LogP contribution in [0.3, 0.4) is 0 Å². The Bertz CT molecular complexity index is 137. The highest BCUT2D eigenvalue weighted by atomic mass is 35.5. The molecule has 2 aliphatic rings. The lowest BCUT2D eigenvalue weighted by atomic mass is 10.1. The Kier molecular flexibility index (Phi) is 1.28. The zero-order valence-electron chi connectivity index (χ0n) is 4.93. The molecule has 0 heterocycles. The summed E-state index contributed by atoms with van der Waals surface area (Å²) in [4.78, 5) is 0. The Hall–Kier alpha value is 0.320. The second-order valence-corrected chi connectivity index (χ2v) is 3.85. The first-order chi connectivity index (χ1) is 4.29. The van der Waals surface area contributed by atoms with E-state index in [0.29, 0.717) is 11.8 Å². The van der Waals surface area contributed by atoms with Gasteiger partial charge >= 0.3 is 0 Å². The van der Waals surface area contributed by atoms with Crippen LogP contribution >= 0.6 is 23.2 Å². The number of halogens is 2. The highest BCUT2D eigenvalue weighted by Crippen LogP contribution is 2.44. The fourth-order valence-corrected chi connectivity index (χ4v) is 2.45. The molecule has 0 N–H and O–H groups in total. The number of hydrogen-bond donors (Lipinski definition) is 0. The van der Waals surface area contributed by atoms with Crippen molar-refractivity contribution in [3.05, 3.63) is 12.2 Å². The van der Waals surface area contributed by atoms with Gasteiger partial charge < -0.3 is 0 Å². The topological polar surface area (TPSA) is 0 Å². The molecule has 0 aromatic heterocycles. The highest BCUT2D eigenvalue weighted by molar-refractivity contribution is 6.31. The van der Waals surface area contributed by atoms with Gasteiger partial charge in [0.2, 0.25) is 0 Å². The van der Waals surface area contributed by atoms with Crippen molar-refractivity contribution in [2.75, 3.05) is 0 Å². The molecule has 9 heavy (non-hydrogen) atoms. The van der Waals surface area contributed by atoms with E-state index in [1.165, 1.54) is 6.42 Å². The Morgan fingerprint density at radius 3 is 1.67 bits per heavy atom. The quantitative estimate of drug-likeness (QED) is 0.380. The molecule has 0 unspecified atom stereocenters. The predicted molar refractivity (Wildman–Crippen MR) is 40.0 cm³/mol. The number of allylic oxidation sites excluding steroid dienone is 2. The molecule has 0 nitrogen and oxygen atoms in total. The fourth-order valence-electron chi connectivity index (χ4n) is 1.70. The lowest BCUT2D eigenvalue weighted by molar-refractivity contribution is 0.694. The van der Waals surface area contributed by atoms with E-state index in [0.717, 1.165) is 0 Å². The van der Waals surface area contributed by atoms with Crippen molar-refractivity contribution in [3.8, 4) is 0 Å². The van der Waals surface area contributed by atoms with Crippen LogP contribution in [-0.4, -0.2) is 10.8 Å². The second-order valence-electron chi connectivity index (χ2n) is 2.84. The van der Waals surface area contributed by atoms with Gasteiger partial charge in [0.05, 0.1) is 10.8 Å². The molecule has 2 rings (SSSR count). The minimum atomic E-state index is 0.196. The van der Waals surface area contributed by atoms with E-state index in [-0.39, 0.29) is 10.8 Å². The lowest BCUT2D eigenvalue weighted by Crippen LogP contribution is -2.19. The molecule has 0 spiro atoms. The molecule has 0 saturated heterocycles.